The van der Waals surface area contributed by atoms with Gasteiger partial charge in [0.05, 0.1) is 0 Å². The van der Waals surface area contributed by atoms with Crippen LogP contribution >= 0.6 is 0 Å². The maximum absolute atomic E-state index is 13.0. The van der Waals surface area contributed by atoms with Gasteiger partial charge in [-0.3, -0.25) is 14.4 Å². The lowest BCUT2D eigenvalue weighted by atomic mass is 9.75. The molecule has 2 atom stereocenters. The van der Waals surface area contributed by atoms with Crippen molar-refractivity contribution in [3.8, 4) is 0 Å². The van der Waals surface area contributed by atoms with Crippen molar-refractivity contribution in [3.63, 3.8) is 0 Å². The molecule has 2 aromatic rings. The molecule has 0 N–H and O–H groups in total. The van der Waals surface area contributed by atoms with E-state index in [4.69, 9.17) is 0 Å². The molecule has 4 heteroatoms. The Labute approximate surface area is 159 Å². The van der Waals surface area contributed by atoms with Gasteiger partial charge >= 0.3 is 0 Å². The smallest absolute Gasteiger partial charge is 0.258 e. The highest BCUT2D eigenvalue weighted by atomic mass is 16.2. The summed E-state index contributed by atoms with van der Waals surface area (Å²) in [4.78, 5) is 39.9. The van der Waals surface area contributed by atoms with E-state index in [2.05, 4.69) is 0 Å². The second-order valence-corrected chi connectivity index (χ2v) is 7.51. The van der Waals surface area contributed by atoms with Gasteiger partial charge in [0.15, 0.2) is 5.78 Å². The average molecular weight is 361 g/mol. The van der Waals surface area contributed by atoms with Gasteiger partial charge in [-0.25, -0.2) is 0 Å². The molecule has 1 heterocycles. The molecule has 0 radical (unpaired) electrons. The van der Waals surface area contributed by atoms with Crippen LogP contribution in [0.4, 0.5) is 5.69 Å². The summed E-state index contributed by atoms with van der Waals surface area (Å²) in [5, 5.41) is 0. The van der Waals surface area contributed by atoms with Gasteiger partial charge in [-0.2, -0.15) is 0 Å². The Morgan fingerprint density at radius 3 is 2.59 bits per heavy atom. The first-order valence-corrected chi connectivity index (χ1v) is 9.66. The summed E-state index contributed by atoms with van der Waals surface area (Å²) in [6, 6.07) is 14.9. The minimum Gasteiger partial charge on any atom is -0.307 e. The summed E-state index contributed by atoms with van der Waals surface area (Å²) >= 11 is 0. The van der Waals surface area contributed by atoms with Crippen molar-refractivity contribution >= 4 is 23.2 Å². The molecular weight excluding hydrogens is 338 g/mol. The number of hydrogen-bond acceptors (Lipinski definition) is 3. The Morgan fingerprint density at radius 2 is 1.85 bits per heavy atom. The number of rotatable bonds is 5. The molecule has 0 saturated carbocycles. The van der Waals surface area contributed by atoms with Crippen LogP contribution in [-0.2, 0) is 4.79 Å². The van der Waals surface area contributed by atoms with Crippen LogP contribution in [0.15, 0.2) is 48.5 Å². The molecule has 0 spiro atoms. The third-order valence-corrected chi connectivity index (χ3v) is 5.66. The fraction of sp³-hybridized carbons (Fsp3) is 0.348. The Morgan fingerprint density at radius 1 is 1.07 bits per heavy atom. The minimum absolute atomic E-state index is 0.0375. The molecular formula is C23H23NO3. The number of Topliss-reactive ketones (excluding diaryl/α,β-unsaturated/α-hetero) is 2. The molecule has 2 aliphatic rings. The van der Waals surface area contributed by atoms with E-state index in [0.29, 0.717) is 36.9 Å². The molecule has 0 aromatic heterocycles. The molecule has 4 rings (SSSR count). The van der Waals surface area contributed by atoms with Crippen molar-refractivity contribution in [1.29, 1.82) is 0 Å². The topological polar surface area (TPSA) is 54.5 Å². The average Bonchev–Trinajstić information content (AvgIpc) is 3.05. The van der Waals surface area contributed by atoms with Gasteiger partial charge in [0.1, 0.15) is 5.78 Å². The third-order valence-electron chi connectivity index (χ3n) is 5.66. The van der Waals surface area contributed by atoms with Gasteiger partial charge in [0, 0.05) is 48.0 Å². The SMILES string of the molecule is CCCC(=O)CC1CC2CN(C(=O)c3ccccc3)c3cccc(c32)C1=O. The van der Waals surface area contributed by atoms with E-state index < -0.39 is 0 Å². The van der Waals surface area contributed by atoms with E-state index in [0.717, 1.165) is 17.7 Å². The molecule has 2 aromatic carbocycles. The second-order valence-electron chi connectivity index (χ2n) is 7.51. The van der Waals surface area contributed by atoms with Crippen molar-refractivity contribution in [1.82, 2.24) is 0 Å². The van der Waals surface area contributed by atoms with Crippen molar-refractivity contribution in [2.75, 3.05) is 11.4 Å². The van der Waals surface area contributed by atoms with Crippen LogP contribution in [0.25, 0.3) is 0 Å². The summed E-state index contributed by atoms with van der Waals surface area (Å²) in [6.07, 6.45) is 2.31. The van der Waals surface area contributed by atoms with Crippen LogP contribution in [0.5, 0.6) is 0 Å². The zero-order valence-electron chi connectivity index (χ0n) is 15.5. The molecule has 0 saturated heterocycles. The minimum atomic E-state index is -0.261. The van der Waals surface area contributed by atoms with Crippen LogP contribution in [-0.4, -0.2) is 24.0 Å². The van der Waals surface area contributed by atoms with E-state index in [1.54, 1.807) is 4.90 Å². The molecule has 138 valence electrons. The standard InChI is InChI=1S/C23H23NO3/c1-2-7-18(25)13-16-12-17-14-24(23(27)15-8-4-3-5-9-15)20-11-6-10-19(21(17)20)22(16)26/h3-6,8-11,16-17H,2,7,12-14H2,1H3. The van der Waals surface area contributed by atoms with Crippen LogP contribution in [0.3, 0.4) is 0 Å². The highest BCUT2D eigenvalue weighted by molar-refractivity contribution is 6.10. The van der Waals surface area contributed by atoms with E-state index in [1.807, 2.05) is 55.5 Å². The summed E-state index contributed by atoms with van der Waals surface area (Å²) in [5.74, 6) is 0.0428. The van der Waals surface area contributed by atoms with Crippen molar-refractivity contribution in [2.45, 2.75) is 38.5 Å². The second kappa shape index (κ2) is 7.10. The van der Waals surface area contributed by atoms with Gasteiger partial charge in [-0.15, -0.1) is 0 Å². The fourth-order valence-electron chi connectivity index (χ4n) is 4.47. The number of nitrogens with zero attached hydrogens (tertiary/aromatic N) is 1. The van der Waals surface area contributed by atoms with Gasteiger partial charge in [0.2, 0.25) is 0 Å². The molecule has 0 fully saturated rings. The van der Waals surface area contributed by atoms with Crippen LogP contribution in [0.1, 0.15) is 64.8 Å². The Balaban J connectivity index is 1.65. The van der Waals surface area contributed by atoms with Crippen molar-refractivity contribution in [3.05, 3.63) is 65.2 Å². The predicted molar refractivity (Wildman–Crippen MR) is 104 cm³/mol. The van der Waals surface area contributed by atoms with Crippen LogP contribution in [0, 0.1) is 5.92 Å². The van der Waals surface area contributed by atoms with Gasteiger partial charge < -0.3 is 4.90 Å². The Kier molecular flexibility index (Phi) is 4.65. The van der Waals surface area contributed by atoms with Gasteiger partial charge in [0.25, 0.3) is 5.91 Å². The van der Waals surface area contributed by atoms with Crippen LogP contribution in [0.2, 0.25) is 0 Å². The zero-order chi connectivity index (χ0) is 19.0. The van der Waals surface area contributed by atoms with E-state index in [1.165, 1.54) is 0 Å². The predicted octanol–water partition coefficient (Wildman–Crippen LogP) is 4.39. The fourth-order valence-corrected chi connectivity index (χ4v) is 4.47. The maximum Gasteiger partial charge on any atom is 0.258 e. The Bertz CT molecular complexity index is 903. The van der Waals surface area contributed by atoms with Gasteiger partial charge in [-0.1, -0.05) is 37.3 Å². The number of carbonyl (C=O) groups excluding carboxylic acids is 3. The number of anilines is 1. The number of benzene rings is 2. The first-order valence-electron chi connectivity index (χ1n) is 9.66. The molecule has 1 aliphatic heterocycles. The van der Waals surface area contributed by atoms with Crippen molar-refractivity contribution in [2.24, 2.45) is 5.92 Å². The van der Waals surface area contributed by atoms with E-state index in [-0.39, 0.29) is 29.3 Å². The summed E-state index contributed by atoms with van der Waals surface area (Å²) in [5.41, 5.74) is 3.18. The quantitative estimate of drug-likeness (QED) is 0.793. The molecule has 4 nitrogen and oxygen atoms in total. The first-order chi connectivity index (χ1) is 13.1. The number of hydrogen-bond donors (Lipinski definition) is 0. The zero-order valence-corrected chi connectivity index (χ0v) is 15.5. The summed E-state index contributed by atoms with van der Waals surface area (Å²) in [6.45, 7) is 2.55. The lowest BCUT2D eigenvalue weighted by molar-refractivity contribution is -0.119. The van der Waals surface area contributed by atoms with E-state index >= 15 is 0 Å². The maximum atomic E-state index is 13.0. The highest BCUT2D eigenvalue weighted by Crippen LogP contribution is 2.47. The Hall–Kier alpha value is -2.75. The molecule has 1 aliphatic carbocycles. The molecule has 1 amide bonds. The largest absolute Gasteiger partial charge is 0.307 e. The lowest BCUT2D eigenvalue weighted by Crippen LogP contribution is -2.31. The third kappa shape index (κ3) is 3.09. The first kappa shape index (κ1) is 17.7. The van der Waals surface area contributed by atoms with Crippen molar-refractivity contribution < 1.29 is 14.4 Å². The normalized spacial score (nSPS) is 20.5. The molecule has 0 bridgehead atoms. The highest BCUT2D eigenvalue weighted by Gasteiger charge is 2.42. The summed E-state index contributed by atoms with van der Waals surface area (Å²) < 4.78 is 0. The van der Waals surface area contributed by atoms with E-state index in [9.17, 15) is 14.4 Å². The summed E-state index contributed by atoms with van der Waals surface area (Å²) in [7, 11) is 0. The van der Waals surface area contributed by atoms with Gasteiger partial charge in [-0.05, 0) is 36.6 Å². The molecule has 27 heavy (non-hydrogen) atoms. The number of carbonyl (C=O) groups is 3. The molecule has 2 unspecified atom stereocenters. The monoisotopic (exact) mass is 361 g/mol. The number of ketones is 2. The van der Waals surface area contributed by atoms with Crippen LogP contribution < -0.4 is 4.90 Å². The lowest BCUT2D eigenvalue weighted by Gasteiger charge is -2.26. The number of amides is 1.